The van der Waals surface area contributed by atoms with E-state index >= 15 is 0 Å². The lowest BCUT2D eigenvalue weighted by Gasteiger charge is -2.26. The molecule has 4 heteroatoms. The Labute approximate surface area is 114 Å². The Morgan fingerprint density at radius 1 is 1.21 bits per heavy atom. The molecule has 0 aliphatic heterocycles. The van der Waals surface area contributed by atoms with Crippen molar-refractivity contribution in [2.45, 2.75) is 37.8 Å². The van der Waals surface area contributed by atoms with Crippen LogP contribution in [0, 0.1) is 0 Å². The zero-order valence-corrected chi connectivity index (χ0v) is 12.2. The third-order valence-electron chi connectivity index (χ3n) is 4.07. The van der Waals surface area contributed by atoms with Crippen LogP contribution in [0.4, 0.5) is 0 Å². The van der Waals surface area contributed by atoms with Crippen molar-refractivity contribution in [3.05, 3.63) is 23.3 Å². The molecule has 2 rings (SSSR count). The minimum atomic E-state index is 0.0332. The molecule has 19 heavy (non-hydrogen) atoms. The van der Waals surface area contributed by atoms with Gasteiger partial charge >= 0.3 is 0 Å². The van der Waals surface area contributed by atoms with Gasteiger partial charge in [-0.05, 0) is 31.4 Å². The number of methoxy groups -OCH3 is 3. The molecule has 0 bridgehead atoms. The maximum absolute atomic E-state index is 6.20. The Morgan fingerprint density at radius 2 is 1.89 bits per heavy atom. The first-order valence-corrected chi connectivity index (χ1v) is 6.59. The van der Waals surface area contributed by atoms with Crippen molar-refractivity contribution < 1.29 is 14.2 Å². The minimum Gasteiger partial charge on any atom is -0.497 e. The van der Waals surface area contributed by atoms with Gasteiger partial charge in [-0.2, -0.15) is 0 Å². The van der Waals surface area contributed by atoms with Crippen molar-refractivity contribution in [2.75, 3.05) is 21.3 Å². The normalized spacial score (nSPS) is 17.9. The zero-order valence-electron chi connectivity index (χ0n) is 12.2. The molecule has 0 spiro atoms. The molecule has 1 atom stereocenters. The first-order valence-electron chi connectivity index (χ1n) is 6.59. The van der Waals surface area contributed by atoms with E-state index in [-0.39, 0.29) is 11.5 Å². The summed E-state index contributed by atoms with van der Waals surface area (Å²) in [5.41, 5.74) is 8.52. The summed E-state index contributed by atoms with van der Waals surface area (Å²) in [6, 6.07) is 4.05. The van der Waals surface area contributed by atoms with E-state index in [9.17, 15) is 0 Å². The maximum Gasteiger partial charge on any atom is 0.126 e. The van der Waals surface area contributed by atoms with Crippen LogP contribution < -0.4 is 15.2 Å². The van der Waals surface area contributed by atoms with E-state index in [1.54, 1.807) is 21.3 Å². The number of hydrogen-bond donors (Lipinski definition) is 1. The van der Waals surface area contributed by atoms with Crippen LogP contribution in [0.5, 0.6) is 11.5 Å². The molecule has 0 heterocycles. The predicted molar refractivity (Wildman–Crippen MR) is 74.8 cm³/mol. The molecule has 0 saturated heterocycles. The molecule has 0 aromatic heterocycles. The molecule has 1 saturated carbocycles. The molecule has 1 unspecified atom stereocenters. The van der Waals surface area contributed by atoms with Crippen molar-refractivity contribution in [1.29, 1.82) is 0 Å². The quantitative estimate of drug-likeness (QED) is 0.857. The highest BCUT2D eigenvalue weighted by Crippen LogP contribution is 2.55. The number of benzene rings is 1. The second-order valence-electron chi connectivity index (χ2n) is 5.24. The second-order valence-corrected chi connectivity index (χ2v) is 5.24. The molecular formula is C15H23NO3. The third kappa shape index (κ3) is 2.42. The topological polar surface area (TPSA) is 53.7 Å². The van der Waals surface area contributed by atoms with Crippen molar-refractivity contribution in [2.24, 2.45) is 5.73 Å². The molecule has 106 valence electrons. The number of nitrogens with two attached hydrogens (primary N) is 1. The van der Waals surface area contributed by atoms with Gasteiger partial charge in [0.2, 0.25) is 0 Å². The van der Waals surface area contributed by atoms with Crippen LogP contribution in [0.15, 0.2) is 12.1 Å². The van der Waals surface area contributed by atoms with Crippen molar-refractivity contribution in [3.63, 3.8) is 0 Å². The van der Waals surface area contributed by atoms with Gasteiger partial charge in [0.25, 0.3) is 0 Å². The second kappa shape index (κ2) is 5.39. The Kier molecular flexibility index (Phi) is 4.02. The third-order valence-corrected chi connectivity index (χ3v) is 4.07. The van der Waals surface area contributed by atoms with E-state index in [0.29, 0.717) is 6.61 Å². The summed E-state index contributed by atoms with van der Waals surface area (Å²) in [4.78, 5) is 0. The SMILES string of the molecule is COCc1cc(OC)cc(OC)c1C1(C(C)N)CC1. The Hall–Kier alpha value is -1.26. The van der Waals surface area contributed by atoms with Gasteiger partial charge in [-0.1, -0.05) is 0 Å². The fourth-order valence-corrected chi connectivity index (χ4v) is 2.83. The van der Waals surface area contributed by atoms with Gasteiger partial charge in [0, 0.05) is 30.2 Å². The van der Waals surface area contributed by atoms with Crippen molar-refractivity contribution >= 4 is 0 Å². The predicted octanol–water partition coefficient (Wildman–Crippen LogP) is 2.23. The van der Waals surface area contributed by atoms with E-state index in [0.717, 1.165) is 29.9 Å². The standard InChI is InChI=1S/C15H23NO3/c1-10(16)15(5-6-15)14-11(9-17-2)7-12(18-3)8-13(14)19-4/h7-8,10H,5-6,9,16H2,1-4H3. The molecule has 1 fully saturated rings. The summed E-state index contributed by atoms with van der Waals surface area (Å²) in [5, 5.41) is 0. The largest absolute Gasteiger partial charge is 0.497 e. The summed E-state index contributed by atoms with van der Waals surface area (Å²) in [6.07, 6.45) is 2.20. The Balaban J connectivity index is 2.56. The summed E-state index contributed by atoms with van der Waals surface area (Å²) < 4.78 is 16.2. The van der Waals surface area contributed by atoms with Crippen molar-refractivity contribution in [3.8, 4) is 11.5 Å². The van der Waals surface area contributed by atoms with Crippen LogP contribution in [0.1, 0.15) is 30.9 Å². The average molecular weight is 265 g/mol. The van der Waals surface area contributed by atoms with Gasteiger partial charge < -0.3 is 19.9 Å². The van der Waals surface area contributed by atoms with Crippen LogP contribution in [0.2, 0.25) is 0 Å². The summed E-state index contributed by atoms with van der Waals surface area (Å²) >= 11 is 0. The molecule has 1 aliphatic rings. The molecule has 4 nitrogen and oxygen atoms in total. The van der Waals surface area contributed by atoms with E-state index in [1.165, 1.54) is 5.56 Å². The Bertz CT molecular complexity index is 453. The van der Waals surface area contributed by atoms with Gasteiger partial charge in [0.05, 0.1) is 20.8 Å². The van der Waals surface area contributed by atoms with Crippen LogP contribution in [-0.2, 0) is 16.8 Å². The summed E-state index contributed by atoms with van der Waals surface area (Å²) in [6.45, 7) is 2.60. The van der Waals surface area contributed by atoms with Crippen molar-refractivity contribution in [1.82, 2.24) is 0 Å². The van der Waals surface area contributed by atoms with Crippen LogP contribution in [0.3, 0.4) is 0 Å². The van der Waals surface area contributed by atoms with Crippen LogP contribution in [0.25, 0.3) is 0 Å². The zero-order chi connectivity index (χ0) is 14.0. The van der Waals surface area contributed by atoms with Gasteiger partial charge in [0.15, 0.2) is 0 Å². The number of rotatable bonds is 6. The minimum absolute atomic E-state index is 0.0332. The molecule has 1 aromatic rings. The molecule has 0 radical (unpaired) electrons. The average Bonchev–Trinajstić information content (AvgIpc) is 3.19. The van der Waals surface area contributed by atoms with Crippen LogP contribution in [-0.4, -0.2) is 27.4 Å². The monoisotopic (exact) mass is 265 g/mol. The highest BCUT2D eigenvalue weighted by Gasteiger charge is 2.50. The fourth-order valence-electron chi connectivity index (χ4n) is 2.83. The lowest BCUT2D eigenvalue weighted by atomic mass is 9.85. The highest BCUT2D eigenvalue weighted by atomic mass is 16.5. The lowest BCUT2D eigenvalue weighted by Crippen LogP contribution is -2.33. The first kappa shape index (κ1) is 14.2. The summed E-state index contributed by atoms with van der Waals surface area (Å²) in [5.74, 6) is 1.63. The van der Waals surface area contributed by atoms with Gasteiger partial charge in [-0.15, -0.1) is 0 Å². The first-order chi connectivity index (χ1) is 9.08. The molecule has 1 aromatic carbocycles. The van der Waals surface area contributed by atoms with E-state index in [4.69, 9.17) is 19.9 Å². The lowest BCUT2D eigenvalue weighted by molar-refractivity contribution is 0.182. The van der Waals surface area contributed by atoms with Gasteiger partial charge in [-0.25, -0.2) is 0 Å². The van der Waals surface area contributed by atoms with Gasteiger partial charge in [0.1, 0.15) is 11.5 Å². The van der Waals surface area contributed by atoms with Crippen LogP contribution >= 0.6 is 0 Å². The van der Waals surface area contributed by atoms with E-state index in [2.05, 4.69) is 6.92 Å². The number of ether oxygens (including phenoxy) is 3. The summed E-state index contributed by atoms with van der Waals surface area (Å²) in [7, 11) is 5.04. The maximum atomic E-state index is 6.20. The fraction of sp³-hybridized carbons (Fsp3) is 0.600. The highest BCUT2D eigenvalue weighted by molar-refractivity contribution is 5.53. The molecule has 2 N–H and O–H groups in total. The number of hydrogen-bond acceptors (Lipinski definition) is 4. The Morgan fingerprint density at radius 3 is 2.32 bits per heavy atom. The van der Waals surface area contributed by atoms with Gasteiger partial charge in [-0.3, -0.25) is 0 Å². The van der Waals surface area contributed by atoms with E-state index < -0.39 is 0 Å². The molecular weight excluding hydrogens is 242 g/mol. The smallest absolute Gasteiger partial charge is 0.126 e. The molecule has 1 aliphatic carbocycles. The van der Waals surface area contributed by atoms with E-state index in [1.807, 2.05) is 12.1 Å². The molecule has 0 amide bonds.